The Balaban J connectivity index is 3.05. The third-order valence-electron chi connectivity index (χ3n) is 1.32. The van der Waals surface area contributed by atoms with E-state index in [1.54, 1.807) is 24.3 Å². The lowest BCUT2D eigenvalue weighted by molar-refractivity contribution is 0.235. The van der Waals surface area contributed by atoms with Crippen LogP contribution in [-0.4, -0.2) is 5.11 Å². The number of benzene rings is 1. The van der Waals surface area contributed by atoms with Crippen LogP contribution in [0.2, 0.25) is 0 Å². The summed E-state index contributed by atoms with van der Waals surface area (Å²) in [5, 5.41) is 17.5. The molecule has 0 radical (unpaired) electrons. The maximum atomic E-state index is 9.12. The lowest BCUT2D eigenvalue weighted by Crippen LogP contribution is -1.93. The molecule has 1 unspecified atom stereocenters. The van der Waals surface area contributed by atoms with Crippen LogP contribution in [0.3, 0.4) is 0 Å². The lowest BCUT2D eigenvalue weighted by atomic mass is 10.1. The van der Waals surface area contributed by atoms with Crippen molar-refractivity contribution in [1.82, 2.24) is 0 Å². The third kappa shape index (κ3) is 1.79. The monoisotopic (exact) mass is 211 g/mol. The molecule has 0 saturated heterocycles. The third-order valence-corrected chi connectivity index (χ3v) is 2.04. The fraction of sp³-hybridized carbons (Fsp3) is 0.125. The number of aliphatic hydroxyl groups is 1. The lowest BCUT2D eigenvalue weighted by Gasteiger charge is -2.02. The van der Waals surface area contributed by atoms with Crippen LogP contribution < -0.4 is 0 Å². The maximum absolute atomic E-state index is 9.12. The van der Waals surface area contributed by atoms with Gasteiger partial charge in [0.2, 0.25) is 0 Å². The van der Waals surface area contributed by atoms with E-state index >= 15 is 0 Å². The second-order valence-corrected chi connectivity index (χ2v) is 2.91. The molecule has 2 nitrogen and oxygen atoms in total. The standard InChI is InChI=1S/C8H6BrNO/c9-7-4-2-1-3-6(7)8(11)5-10/h1-4,8,11H. The van der Waals surface area contributed by atoms with Crippen LogP contribution in [0, 0.1) is 11.3 Å². The number of nitriles is 1. The van der Waals surface area contributed by atoms with Gasteiger partial charge in [-0.2, -0.15) is 5.26 Å². The summed E-state index contributed by atoms with van der Waals surface area (Å²) in [5.74, 6) is 0. The quantitative estimate of drug-likeness (QED) is 0.723. The van der Waals surface area contributed by atoms with Crippen molar-refractivity contribution in [2.45, 2.75) is 6.10 Å². The van der Waals surface area contributed by atoms with Gasteiger partial charge >= 0.3 is 0 Å². The van der Waals surface area contributed by atoms with Gasteiger partial charge in [-0.05, 0) is 6.07 Å². The smallest absolute Gasteiger partial charge is 0.166 e. The molecule has 11 heavy (non-hydrogen) atoms. The summed E-state index contributed by atoms with van der Waals surface area (Å²) in [7, 11) is 0. The van der Waals surface area contributed by atoms with Gasteiger partial charge in [0.1, 0.15) is 0 Å². The molecule has 1 rings (SSSR count). The molecule has 0 aliphatic rings. The SMILES string of the molecule is N#CC(O)c1ccccc1Br. The topological polar surface area (TPSA) is 44.0 Å². The van der Waals surface area contributed by atoms with E-state index in [-0.39, 0.29) is 0 Å². The molecule has 0 amide bonds. The van der Waals surface area contributed by atoms with Crippen molar-refractivity contribution in [3.63, 3.8) is 0 Å². The van der Waals surface area contributed by atoms with E-state index < -0.39 is 6.10 Å². The van der Waals surface area contributed by atoms with Gasteiger partial charge in [-0.1, -0.05) is 34.1 Å². The highest BCUT2D eigenvalue weighted by Crippen LogP contribution is 2.21. The van der Waals surface area contributed by atoms with Crippen LogP contribution in [0.5, 0.6) is 0 Å². The number of hydrogen-bond donors (Lipinski definition) is 1. The average Bonchev–Trinajstić information content (AvgIpc) is 2.04. The molecule has 1 aromatic rings. The minimum absolute atomic E-state index is 0.606. The molecule has 0 bridgehead atoms. The van der Waals surface area contributed by atoms with Crippen molar-refractivity contribution < 1.29 is 5.11 Å². The van der Waals surface area contributed by atoms with Crippen molar-refractivity contribution in [2.75, 3.05) is 0 Å². The second kappa shape index (κ2) is 3.51. The summed E-state index contributed by atoms with van der Waals surface area (Å²) >= 11 is 3.23. The Morgan fingerprint density at radius 2 is 2.09 bits per heavy atom. The highest BCUT2D eigenvalue weighted by atomic mass is 79.9. The van der Waals surface area contributed by atoms with Crippen LogP contribution in [0.25, 0.3) is 0 Å². The van der Waals surface area contributed by atoms with Gasteiger partial charge in [0.25, 0.3) is 0 Å². The van der Waals surface area contributed by atoms with Gasteiger partial charge < -0.3 is 5.11 Å². The molecule has 3 heteroatoms. The Morgan fingerprint density at radius 3 is 2.64 bits per heavy atom. The fourth-order valence-corrected chi connectivity index (χ4v) is 1.27. The summed E-state index contributed by atoms with van der Waals surface area (Å²) in [6.07, 6.45) is -1.04. The number of halogens is 1. The highest BCUT2D eigenvalue weighted by Gasteiger charge is 2.07. The predicted octanol–water partition coefficient (Wildman–Crippen LogP) is 2.01. The van der Waals surface area contributed by atoms with Gasteiger partial charge in [-0.3, -0.25) is 0 Å². The van der Waals surface area contributed by atoms with E-state index in [0.29, 0.717) is 5.56 Å². The number of nitrogens with zero attached hydrogens (tertiary/aromatic N) is 1. The van der Waals surface area contributed by atoms with Gasteiger partial charge in [-0.15, -0.1) is 0 Å². The van der Waals surface area contributed by atoms with Crippen LogP contribution in [0.1, 0.15) is 11.7 Å². The van der Waals surface area contributed by atoms with Crippen LogP contribution in [0.15, 0.2) is 28.7 Å². The summed E-state index contributed by atoms with van der Waals surface area (Å²) in [5.41, 5.74) is 0.606. The molecule has 0 fully saturated rings. The predicted molar refractivity (Wildman–Crippen MR) is 44.7 cm³/mol. The zero-order valence-corrected chi connectivity index (χ0v) is 7.25. The molecule has 0 aromatic heterocycles. The Morgan fingerprint density at radius 1 is 1.45 bits per heavy atom. The first-order valence-corrected chi connectivity index (χ1v) is 3.87. The van der Waals surface area contributed by atoms with Crippen LogP contribution in [0.4, 0.5) is 0 Å². The van der Waals surface area contributed by atoms with Gasteiger partial charge in [0, 0.05) is 10.0 Å². The molecule has 0 aliphatic carbocycles. The molecular weight excluding hydrogens is 206 g/mol. The first-order chi connectivity index (χ1) is 5.25. The average molecular weight is 212 g/mol. The zero-order valence-electron chi connectivity index (χ0n) is 5.66. The van der Waals surface area contributed by atoms with E-state index in [4.69, 9.17) is 10.4 Å². The maximum Gasteiger partial charge on any atom is 0.166 e. The van der Waals surface area contributed by atoms with E-state index in [2.05, 4.69) is 15.9 Å². The zero-order chi connectivity index (χ0) is 8.27. The molecule has 0 saturated carbocycles. The summed E-state index contributed by atoms with van der Waals surface area (Å²) in [4.78, 5) is 0. The van der Waals surface area contributed by atoms with Crippen molar-refractivity contribution in [1.29, 1.82) is 5.26 Å². The summed E-state index contributed by atoms with van der Waals surface area (Å²) in [6, 6.07) is 8.85. The van der Waals surface area contributed by atoms with Crippen molar-refractivity contribution in [3.8, 4) is 6.07 Å². The number of rotatable bonds is 1. The normalized spacial score (nSPS) is 12.1. The number of hydrogen-bond acceptors (Lipinski definition) is 2. The Hall–Kier alpha value is -0.850. The number of aliphatic hydroxyl groups excluding tert-OH is 1. The second-order valence-electron chi connectivity index (χ2n) is 2.05. The van der Waals surface area contributed by atoms with Gasteiger partial charge in [0.05, 0.1) is 6.07 Å². The van der Waals surface area contributed by atoms with Crippen molar-refractivity contribution in [2.24, 2.45) is 0 Å². The molecule has 1 N–H and O–H groups in total. The Labute approximate surface area is 73.2 Å². The molecule has 0 heterocycles. The highest BCUT2D eigenvalue weighted by molar-refractivity contribution is 9.10. The summed E-state index contributed by atoms with van der Waals surface area (Å²) in [6.45, 7) is 0. The van der Waals surface area contributed by atoms with Crippen LogP contribution in [-0.2, 0) is 0 Å². The minimum atomic E-state index is -1.04. The Bertz CT molecular complexity index is 292. The first kappa shape index (κ1) is 8.25. The molecule has 56 valence electrons. The van der Waals surface area contributed by atoms with Crippen molar-refractivity contribution >= 4 is 15.9 Å². The van der Waals surface area contributed by atoms with Gasteiger partial charge in [0.15, 0.2) is 6.10 Å². The first-order valence-electron chi connectivity index (χ1n) is 3.08. The molecule has 0 spiro atoms. The van der Waals surface area contributed by atoms with E-state index in [0.717, 1.165) is 4.47 Å². The van der Waals surface area contributed by atoms with Gasteiger partial charge in [-0.25, -0.2) is 0 Å². The Kier molecular flexibility index (Phi) is 2.64. The molecule has 1 atom stereocenters. The summed E-state index contributed by atoms with van der Waals surface area (Å²) < 4.78 is 0.758. The van der Waals surface area contributed by atoms with E-state index in [9.17, 15) is 0 Å². The van der Waals surface area contributed by atoms with Crippen molar-refractivity contribution in [3.05, 3.63) is 34.3 Å². The minimum Gasteiger partial charge on any atom is -0.374 e. The van der Waals surface area contributed by atoms with Crippen LogP contribution >= 0.6 is 15.9 Å². The molecule has 1 aromatic carbocycles. The molecular formula is C8H6BrNO. The van der Waals surface area contributed by atoms with E-state index in [1.807, 2.05) is 6.07 Å². The van der Waals surface area contributed by atoms with E-state index in [1.165, 1.54) is 0 Å². The largest absolute Gasteiger partial charge is 0.374 e. The molecule has 0 aliphatic heterocycles. The fourth-order valence-electron chi connectivity index (χ4n) is 0.766.